The van der Waals surface area contributed by atoms with Crippen molar-refractivity contribution >= 4 is 5.97 Å². The van der Waals surface area contributed by atoms with Gasteiger partial charge >= 0.3 is 5.97 Å². The minimum absolute atomic E-state index is 0.0169. The summed E-state index contributed by atoms with van der Waals surface area (Å²) in [6, 6.07) is 7.24. The fourth-order valence-corrected chi connectivity index (χ4v) is 1.52. The minimum Gasteiger partial charge on any atom is -0.497 e. The summed E-state index contributed by atoms with van der Waals surface area (Å²) in [7, 11) is 1.60. The van der Waals surface area contributed by atoms with Crippen LogP contribution in [0.5, 0.6) is 5.75 Å². The largest absolute Gasteiger partial charge is 0.497 e. The molecule has 100 valence electrons. The normalized spacial score (nSPS) is 10.2. The van der Waals surface area contributed by atoms with E-state index in [0.717, 1.165) is 11.3 Å². The molecule has 19 heavy (non-hydrogen) atoms. The third-order valence-electron chi connectivity index (χ3n) is 2.42. The Hall–Kier alpha value is -2.37. The van der Waals surface area contributed by atoms with E-state index in [-0.39, 0.29) is 18.3 Å². The summed E-state index contributed by atoms with van der Waals surface area (Å²) in [5.41, 5.74) is 0.791. The van der Waals surface area contributed by atoms with Crippen LogP contribution in [0.15, 0.2) is 28.8 Å². The van der Waals surface area contributed by atoms with Gasteiger partial charge in [-0.05, 0) is 31.2 Å². The van der Waals surface area contributed by atoms with Crippen LogP contribution in [-0.4, -0.2) is 29.8 Å². The zero-order chi connectivity index (χ0) is 13.7. The van der Waals surface area contributed by atoms with Crippen molar-refractivity contribution in [1.82, 2.24) is 10.1 Å². The van der Waals surface area contributed by atoms with E-state index < -0.39 is 0 Å². The highest BCUT2D eigenvalue weighted by Crippen LogP contribution is 2.19. The van der Waals surface area contributed by atoms with E-state index in [1.165, 1.54) is 0 Å². The number of rotatable bonds is 5. The summed E-state index contributed by atoms with van der Waals surface area (Å²) in [4.78, 5) is 15.4. The molecule has 0 fully saturated rings. The number of benzene rings is 1. The summed E-state index contributed by atoms with van der Waals surface area (Å²) >= 11 is 0. The second kappa shape index (κ2) is 5.99. The van der Waals surface area contributed by atoms with Crippen LogP contribution in [0.3, 0.4) is 0 Å². The van der Waals surface area contributed by atoms with E-state index in [9.17, 15) is 4.79 Å². The predicted molar refractivity (Wildman–Crippen MR) is 66.6 cm³/mol. The van der Waals surface area contributed by atoms with Gasteiger partial charge in [-0.1, -0.05) is 5.16 Å². The first-order valence-corrected chi connectivity index (χ1v) is 5.85. The summed E-state index contributed by atoms with van der Waals surface area (Å²) in [6.07, 6.45) is -0.0169. The standard InChI is InChI=1S/C13H14N2O4/c1-3-18-12(16)8-11-14-13(15-19-11)9-4-6-10(17-2)7-5-9/h4-7H,3,8H2,1-2H3. The molecular weight excluding hydrogens is 248 g/mol. The van der Waals surface area contributed by atoms with E-state index in [2.05, 4.69) is 10.1 Å². The lowest BCUT2D eigenvalue weighted by molar-refractivity contribution is -0.142. The number of aromatic nitrogens is 2. The Labute approximate surface area is 110 Å². The molecule has 0 bridgehead atoms. The summed E-state index contributed by atoms with van der Waals surface area (Å²) in [5, 5.41) is 3.82. The van der Waals surface area contributed by atoms with Crippen molar-refractivity contribution in [2.75, 3.05) is 13.7 Å². The molecule has 0 unspecified atom stereocenters. The molecule has 6 nitrogen and oxygen atoms in total. The maximum Gasteiger partial charge on any atom is 0.315 e. The molecule has 2 rings (SSSR count). The van der Waals surface area contributed by atoms with Gasteiger partial charge in [-0.25, -0.2) is 0 Å². The van der Waals surface area contributed by atoms with Crippen LogP contribution in [0.4, 0.5) is 0 Å². The van der Waals surface area contributed by atoms with Gasteiger partial charge in [-0.2, -0.15) is 4.98 Å². The second-order valence-corrected chi connectivity index (χ2v) is 3.72. The zero-order valence-corrected chi connectivity index (χ0v) is 10.8. The number of hydrogen-bond acceptors (Lipinski definition) is 6. The molecular formula is C13H14N2O4. The molecule has 1 aromatic heterocycles. The molecule has 6 heteroatoms. The van der Waals surface area contributed by atoms with E-state index in [1.807, 2.05) is 12.1 Å². The summed E-state index contributed by atoms with van der Waals surface area (Å²) in [6.45, 7) is 2.08. The Morgan fingerprint density at radius 1 is 1.32 bits per heavy atom. The van der Waals surface area contributed by atoms with Crippen molar-refractivity contribution in [3.63, 3.8) is 0 Å². The molecule has 0 N–H and O–H groups in total. The van der Waals surface area contributed by atoms with Crippen molar-refractivity contribution < 1.29 is 18.8 Å². The van der Waals surface area contributed by atoms with Gasteiger partial charge in [-0.15, -0.1) is 0 Å². The van der Waals surface area contributed by atoms with Crippen molar-refractivity contribution in [2.45, 2.75) is 13.3 Å². The highest BCUT2D eigenvalue weighted by atomic mass is 16.5. The SMILES string of the molecule is CCOC(=O)Cc1nc(-c2ccc(OC)cc2)no1. The van der Waals surface area contributed by atoms with Crippen molar-refractivity contribution in [3.8, 4) is 17.1 Å². The number of methoxy groups -OCH3 is 1. The van der Waals surface area contributed by atoms with Gasteiger partial charge in [0.15, 0.2) is 0 Å². The molecule has 0 aliphatic rings. The van der Waals surface area contributed by atoms with Crippen molar-refractivity contribution in [3.05, 3.63) is 30.2 Å². The second-order valence-electron chi connectivity index (χ2n) is 3.72. The molecule has 0 aliphatic carbocycles. The molecule has 0 radical (unpaired) electrons. The fraction of sp³-hybridized carbons (Fsp3) is 0.308. The van der Waals surface area contributed by atoms with Crippen molar-refractivity contribution in [2.24, 2.45) is 0 Å². The molecule has 0 amide bonds. The first kappa shape index (κ1) is 13.1. The lowest BCUT2D eigenvalue weighted by Gasteiger charge is -1.99. The van der Waals surface area contributed by atoms with Gasteiger partial charge in [0, 0.05) is 5.56 Å². The van der Waals surface area contributed by atoms with E-state index in [4.69, 9.17) is 14.0 Å². The minimum atomic E-state index is -0.382. The molecule has 2 aromatic rings. The van der Waals surface area contributed by atoms with E-state index in [1.54, 1.807) is 26.2 Å². The Balaban J connectivity index is 2.09. The highest BCUT2D eigenvalue weighted by molar-refractivity contribution is 5.71. The number of hydrogen-bond donors (Lipinski definition) is 0. The third-order valence-corrected chi connectivity index (χ3v) is 2.42. The Kier molecular flexibility index (Phi) is 4.12. The lowest BCUT2D eigenvalue weighted by Crippen LogP contribution is -2.07. The Morgan fingerprint density at radius 3 is 2.68 bits per heavy atom. The van der Waals surface area contributed by atoms with Crippen LogP contribution in [0, 0.1) is 0 Å². The number of ether oxygens (including phenoxy) is 2. The molecule has 0 aliphatic heterocycles. The Morgan fingerprint density at radius 2 is 2.05 bits per heavy atom. The van der Waals surface area contributed by atoms with Crippen LogP contribution in [0.1, 0.15) is 12.8 Å². The van der Waals surface area contributed by atoms with Crippen LogP contribution in [0.25, 0.3) is 11.4 Å². The van der Waals surface area contributed by atoms with Gasteiger partial charge in [-0.3, -0.25) is 4.79 Å². The topological polar surface area (TPSA) is 74.5 Å². The van der Waals surface area contributed by atoms with Crippen LogP contribution in [0.2, 0.25) is 0 Å². The van der Waals surface area contributed by atoms with Gasteiger partial charge < -0.3 is 14.0 Å². The van der Waals surface area contributed by atoms with Gasteiger partial charge in [0.25, 0.3) is 0 Å². The van der Waals surface area contributed by atoms with Crippen molar-refractivity contribution in [1.29, 1.82) is 0 Å². The van der Waals surface area contributed by atoms with Gasteiger partial charge in [0.05, 0.1) is 13.7 Å². The smallest absolute Gasteiger partial charge is 0.315 e. The molecule has 0 atom stereocenters. The number of carbonyl (C=O) groups is 1. The van der Waals surface area contributed by atoms with Crippen LogP contribution >= 0.6 is 0 Å². The average Bonchev–Trinajstić information content (AvgIpc) is 2.87. The maximum absolute atomic E-state index is 11.3. The molecule has 0 saturated heterocycles. The highest BCUT2D eigenvalue weighted by Gasteiger charge is 2.13. The molecule has 1 heterocycles. The fourth-order valence-electron chi connectivity index (χ4n) is 1.52. The summed E-state index contributed by atoms with van der Waals surface area (Å²) in [5.74, 6) is 1.04. The number of nitrogens with zero attached hydrogens (tertiary/aromatic N) is 2. The van der Waals surface area contributed by atoms with Crippen LogP contribution in [-0.2, 0) is 16.0 Å². The number of carbonyl (C=O) groups excluding carboxylic acids is 1. The average molecular weight is 262 g/mol. The van der Waals surface area contributed by atoms with Gasteiger partial charge in [0.1, 0.15) is 12.2 Å². The monoisotopic (exact) mass is 262 g/mol. The first-order valence-electron chi connectivity index (χ1n) is 5.85. The van der Waals surface area contributed by atoms with Crippen LogP contribution < -0.4 is 4.74 Å². The number of esters is 1. The predicted octanol–water partition coefficient (Wildman–Crippen LogP) is 1.85. The maximum atomic E-state index is 11.3. The third kappa shape index (κ3) is 3.31. The molecule has 0 saturated carbocycles. The summed E-state index contributed by atoms with van der Waals surface area (Å²) < 4.78 is 14.9. The first-order chi connectivity index (χ1) is 9.22. The van der Waals surface area contributed by atoms with E-state index >= 15 is 0 Å². The zero-order valence-electron chi connectivity index (χ0n) is 10.8. The molecule has 0 spiro atoms. The van der Waals surface area contributed by atoms with Gasteiger partial charge in [0.2, 0.25) is 11.7 Å². The lowest BCUT2D eigenvalue weighted by atomic mass is 10.2. The van der Waals surface area contributed by atoms with E-state index in [0.29, 0.717) is 12.4 Å². The quantitative estimate of drug-likeness (QED) is 0.765. The molecule has 1 aromatic carbocycles. The Bertz CT molecular complexity index is 548.